The molecule has 0 spiro atoms. The highest BCUT2D eigenvalue weighted by Gasteiger charge is 2.16. The van der Waals surface area contributed by atoms with Gasteiger partial charge >= 0.3 is 0 Å². The van der Waals surface area contributed by atoms with Crippen LogP contribution >= 0.6 is 0 Å². The fourth-order valence-corrected chi connectivity index (χ4v) is 2.31. The molecule has 2 N–H and O–H groups in total. The van der Waals surface area contributed by atoms with Gasteiger partial charge < -0.3 is 10.6 Å². The van der Waals surface area contributed by atoms with Gasteiger partial charge in [0.1, 0.15) is 5.69 Å². The predicted molar refractivity (Wildman–Crippen MR) is 89.2 cm³/mol. The van der Waals surface area contributed by atoms with Gasteiger partial charge in [-0.05, 0) is 31.0 Å². The van der Waals surface area contributed by atoms with Crippen LogP contribution in [0.5, 0.6) is 0 Å². The van der Waals surface area contributed by atoms with Gasteiger partial charge in [0.2, 0.25) is 0 Å². The smallest absolute Gasteiger partial charge is 0.272 e. The van der Waals surface area contributed by atoms with Crippen LogP contribution in [0.25, 0.3) is 0 Å². The highest BCUT2D eigenvalue weighted by atomic mass is 16.2. The Kier molecular flexibility index (Phi) is 5.20. The number of rotatable bonds is 6. The largest absolute Gasteiger partial charge is 0.383 e. The number of amides is 1. The first-order valence-corrected chi connectivity index (χ1v) is 7.61. The van der Waals surface area contributed by atoms with Gasteiger partial charge in [0.05, 0.1) is 0 Å². The molecule has 0 aliphatic rings. The first kappa shape index (κ1) is 16.1. The predicted octanol–water partition coefficient (Wildman–Crippen LogP) is 2.77. The Morgan fingerprint density at radius 2 is 1.91 bits per heavy atom. The molecule has 5 heteroatoms. The molecule has 0 saturated heterocycles. The van der Waals surface area contributed by atoms with Crippen LogP contribution in [0.2, 0.25) is 0 Å². The van der Waals surface area contributed by atoms with Gasteiger partial charge in [-0.25, -0.2) is 0 Å². The lowest BCUT2D eigenvalue weighted by Crippen LogP contribution is -2.37. The van der Waals surface area contributed by atoms with Crippen LogP contribution in [0.3, 0.4) is 0 Å². The first-order valence-electron chi connectivity index (χ1n) is 7.61. The Hall–Kier alpha value is -2.30. The minimum Gasteiger partial charge on any atom is -0.383 e. The van der Waals surface area contributed by atoms with Crippen molar-refractivity contribution in [2.45, 2.75) is 32.7 Å². The third kappa shape index (κ3) is 4.10. The molecule has 2 aromatic rings. The Morgan fingerprint density at radius 1 is 1.23 bits per heavy atom. The Morgan fingerprint density at radius 3 is 2.50 bits per heavy atom. The molecule has 0 saturated carbocycles. The molecule has 0 fully saturated rings. The van der Waals surface area contributed by atoms with Crippen molar-refractivity contribution in [3.63, 3.8) is 0 Å². The van der Waals surface area contributed by atoms with Gasteiger partial charge in [0.25, 0.3) is 5.91 Å². The number of nitrogens with zero attached hydrogens (tertiary/aromatic N) is 2. The number of anilines is 1. The number of nitrogens with one attached hydrogen (secondary N) is 2. The van der Waals surface area contributed by atoms with E-state index in [1.54, 1.807) is 4.68 Å². The molecular formula is C17H24N4O. The third-order valence-electron chi connectivity index (χ3n) is 3.50. The van der Waals surface area contributed by atoms with Gasteiger partial charge in [-0.2, -0.15) is 5.10 Å². The number of hydrogen-bond acceptors (Lipinski definition) is 3. The van der Waals surface area contributed by atoms with Gasteiger partial charge in [-0.3, -0.25) is 9.48 Å². The SMILES string of the molecule is CC(C)c1cc(C(=O)N[C@@H](C)CNc2ccccc2)nn1C. The second kappa shape index (κ2) is 7.11. The molecule has 1 atom stereocenters. The highest BCUT2D eigenvalue weighted by Crippen LogP contribution is 2.14. The van der Waals surface area contributed by atoms with Gasteiger partial charge in [-0.15, -0.1) is 0 Å². The van der Waals surface area contributed by atoms with Crippen molar-refractivity contribution in [3.05, 3.63) is 47.8 Å². The van der Waals surface area contributed by atoms with Crippen molar-refractivity contribution in [2.24, 2.45) is 7.05 Å². The molecule has 0 unspecified atom stereocenters. The topological polar surface area (TPSA) is 59.0 Å². The van der Waals surface area contributed by atoms with E-state index in [0.29, 0.717) is 18.2 Å². The molecule has 118 valence electrons. The molecular weight excluding hydrogens is 276 g/mol. The zero-order chi connectivity index (χ0) is 16.1. The summed E-state index contributed by atoms with van der Waals surface area (Å²) in [6.45, 7) is 6.82. The summed E-state index contributed by atoms with van der Waals surface area (Å²) in [6.07, 6.45) is 0. The van der Waals surface area contributed by atoms with Crippen molar-refractivity contribution >= 4 is 11.6 Å². The highest BCUT2D eigenvalue weighted by molar-refractivity contribution is 5.92. The molecule has 1 amide bonds. The maximum absolute atomic E-state index is 12.2. The van der Waals surface area contributed by atoms with Crippen LogP contribution in [0, 0.1) is 0 Å². The molecule has 0 aliphatic heterocycles. The fraction of sp³-hybridized carbons (Fsp3) is 0.412. The standard InChI is InChI=1S/C17H24N4O/c1-12(2)16-10-15(20-21(16)4)17(22)19-13(3)11-18-14-8-6-5-7-9-14/h5-10,12-13,18H,11H2,1-4H3,(H,19,22)/t13-/m0/s1. The van der Waals surface area contributed by atoms with Crippen LogP contribution < -0.4 is 10.6 Å². The minimum absolute atomic E-state index is 0.0113. The number of carbonyl (C=O) groups excluding carboxylic acids is 1. The summed E-state index contributed by atoms with van der Waals surface area (Å²) in [4.78, 5) is 12.2. The average molecular weight is 300 g/mol. The van der Waals surface area contributed by atoms with Gasteiger partial charge in [-0.1, -0.05) is 32.0 Å². The zero-order valence-corrected chi connectivity index (χ0v) is 13.6. The Bertz CT molecular complexity index is 619. The first-order chi connectivity index (χ1) is 10.5. The van der Waals surface area contributed by atoms with E-state index < -0.39 is 0 Å². The molecule has 0 radical (unpaired) electrons. The summed E-state index contributed by atoms with van der Waals surface area (Å²) in [5.41, 5.74) is 2.57. The molecule has 22 heavy (non-hydrogen) atoms. The maximum Gasteiger partial charge on any atom is 0.272 e. The van der Waals surface area contributed by atoms with E-state index in [1.165, 1.54) is 0 Å². The number of hydrogen-bond donors (Lipinski definition) is 2. The lowest BCUT2D eigenvalue weighted by atomic mass is 10.1. The summed E-state index contributed by atoms with van der Waals surface area (Å²) in [7, 11) is 1.87. The number of carbonyl (C=O) groups is 1. The van der Waals surface area contributed by atoms with E-state index in [-0.39, 0.29) is 11.9 Å². The fourth-order valence-electron chi connectivity index (χ4n) is 2.31. The Balaban J connectivity index is 1.89. The van der Waals surface area contributed by atoms with Crippen LogP contribution in [0.1, 0.15) is 42.9 Å². The average Bonchev–Trinajstić information content (AvgIpc) is 2.88. The van der Waals surface area contributed by atoms with Crippen molar-refractivity contribution in [1.29, 1.82) is 0 Å². The quantitative estimate of drug-likeness (QED) is 0.862. The Labute approximate surface area is 131 Å². The van der Waals surface area contributed by atoms with Crippen LogP contribution in [-0.4, -0.2) is 28.3 Å². The monoisotopic (exact) mass is 300 g/mol. The third-order valence-corrected chi connectivity index (χ3v) is 3.50. The van der Waals surface area contributed by atoms with E-state index in [2.05, 4.69) is 29.6 Å². The minimum atomic E-state index is -0.134. The van der Waals surface area contributed by atoms with E-state index >= 15 is 0 Å². The van der Waals surface area contributed by atoms with Crippen molar-refractivity contribution < 1.29 is 4.79 Å². The van der Waals surface area contributed by atoms with E-state index in [0.717, 1.165) is 11.4 Å². The number of benzene rings is 1. The molecule has 1 heterocycles. The molecule has 1 aromatic carbocycles. The van der Waals surface area contributed by atoms with E-state index in [1.807, 2.05) is 50.4 Å². The summed E-state index contributed by atoms with van der Waals surface area (Å²) >= 11 is 0. The van der Waals surface area contributed by atoms with Crippen LogP contribution in [0.4, 0.5) is 5.69 Å². The molecule has 0 bridgehead atoms. The maximum atomic E-state index is 12.2. The zero-order valence-electron chi connectivity index (χ0n) is 13.6. The molecule has 0 aliphatic carbocycles. The van der Waals surface area contributed by atoms with Gasteiger partial charge in [0.15, 0.2) is 0 Å². The molecule has 2 rings (SSSR count). The number of aryl methyl sites for hydroxylation is 1. The lowest BCUT2D eigenvalue weighted by Gasteiger charge is -2.14. The van der Waals surface area contributed by atoms with Crippen molar-refractivity contribution in [3.8, 4) is 0 Å². The normalized spacial score (nSPS) is 12.2. The van der Waals surface area contributed by atoms with Gasteiger partial charge in [0, 0.05) is 31.0 Å². The molecule has 5 nitrogen and oxygen atoms in total. The number of para-hydroxylation sites is 1. The van der Waals surface area contributed by atoms with Crippen LogP contribution in [-0.2, 0) is 7.05 Å². The van der Waals surface area contributed by atoms with E-state index in [4.69, 9.17) is 0 Å². The van der Waals surface area contributed by atoms with Crippen LogP contribution in [0.15, 0.2) is 36.4 Å². The summed E-state index contributed by atoms with van der Waals surface area (Å²) < 4.78 is 1.77. The van der Waals surface area contributed by atoms with Crippen molar-refractivity contribution in [1.82, 2.24) is 15.1 Å². The lowest BCUT2D eigenvalue weighted by molar-refractivity contribution is 0.0936. The van der Waals surface area contributed by atoms with E-state index in [9.17, 15) is 4.79 Å². The second-order valence-electron chi connectivity index (χ2n) is 5.85. The summed E-state index contributed by atoms with van der Waals surface area (Å²) in [5.74, 6) is 0.209. The van der Waals surface area contributed by atoms with Crippen molar-refractivity contribution in [2.75, 3.05) is 11.9 Å². The molecule has 1 aromatic heterocycles. The number of aromatic nitrogens is 2. The summed E-state index contributed by atoms with van der Waals surface area (Å²) in [6, 6.07) is 11.8. The second-order valence-corrected chi connectivity index (χ2v) is 5.85. The summed E-state index contributed by atoms with van der Waals surface area (Å²) in [5, 5.41) is 10.6.